The van der Waals surface area contributed by atoms with E-state index in [2.05, 4.69) is 45.6 Å². The van der Waals surface area contributed by atoms with Crippen molar-refractivity contribution in [3.63, 3.8) is 0 Å². The fourth-order valence-corrected chi connectivity index (χ4v) is 2.07. The van der Waals surface area contributed by atoms with Crippen molar-refractivity contribution in [2.75, 3.05) is 25.6 Å². The van der Waals surface area contributed by atoms with Crippen LogP contribution in [0.15, 0.2) is 48.5 Å². The van der Waals surface area contributed by atoms with Crippen molar-refractivity contribution < 1.29 is 4.92 Å². The first-order chi connectivity index (χ1) is 12.2. The topological polar surface area (TPSA) is 121 Å². The van der Waals surface area contributed by atoms with Gasteiger partial charge < -0.3 is 17.2 Å². The van der Waals surface area contributed by atoms with Gasteiger partial charge in [-0.2, -0.15) is 0 Å². The normalized spacial score (nSPS) is 9.12. The molecule has 0 saturated heterocycles. The summed E-state index contributed by atoms with van der Waals surface area (Å²) in [4.78, 5) is 8.31. The lowest BCUT2D eigenvalue weighted by Gasteiger charge is -2.07. The first-order valence-electron chi connectivity index (χ1n) is 8.51. The van der Waals surface area contributed by atoms with Crippen LogP contribution in [0.25, 0.3) is 0 Å². The van der Waals surface area contributed by atoms with Gasteiger partial charge in [0.05, 0.1) is 0 Å². The van der Waals surface area contributed by atoms with Gasteiger partial charge in [0.1, 0.15) is 0 Å². The van der Waals surface area contributed by atoms with E-state index in [1.165, 1.54) is 18.2 Å². The monoisotopic (exact) mass is 362 g/mol. The van der Waals surface area contributed by atoms with Crippen molar-refractivity contribution in [2.45, 2.75) is 39.5 Å². The molecule has 0 saturated carbocycles. The summed E-state index contributed by atoms with van der Waals surface area (Å²) in [6, 6.07) is 16.0. The number of nitrogens with two attached hydrogens (primary N) is 3. The molecule has 146 valence electrons. The molecular formula is C20H34N4O2. The summed E-state index contributed by atoms with van der Waals surface area (Å²) in [5.41, 5.74) is 20.2. The number of para-hydroxylation sites is 2. The van der Waals surface area contributed by atoms with E-state index in [9.17, 15) is 0 Å². The molecule has 0 radical (unpaired) electrons. The molecule has 2 aromatic rings. The molecule has 26 heavy (non-hydrogen) atoms. The van der Waals surface area contributed by atoms with Gasteiger partial charge in [0.25, 0.3) is 0 Å². The van der Waals surface area contributed by atoms with Crippen molar-refractivity contribution in [3.8, 4) is 0 Å². The summed E-state index contributed by atoms with van der Waals surface area (Å²) < 4.78 is 0. The maximum atomic E-state index is 8.81. The predicted molar refractivity (Wildman–Crippen MR) is 113 cm³/mol. The van der Waals surface area contributed by atoms with Crippen molar-refractivity contribution in [2.24, 2.45) is 5.73 Å². The summed E-state index contributed by atoms with van der Waals surface area (Å²) in [6.07, 6.45) is 0. The Labute approximate surface area is 157 Å². The molecule has 0 bridgehead atoms. The molecular weight excluding hydrogens is 328 g/mol. The quantitative estimate of drug-likeness (QED) is 0.419. The molecule has 0 amide bonds. The lowest BCUT2D eigenvalue weighted by Crippen LogP contribution is -1.94. The van der Waals surface area contributed by atoms with Crippen molar-refractivity contribution in [1.29, 1.82) is 0 Å². The van der Waals surface area contributed by atoms with E-state index < -0.39 is 4.92 Å². The molecule has 6 nitrogen and oxygen atoms in total. The fourth-order valence-electron chi connectivity index (χ4n) is 2.07. The molecule has 6 N–H and O–H groups in total. The zero-order valence-corrected chi connectivity index (χ0v) is 16.8. The summed E-state index contributed by atoms with van der Waals surface area (Å²) in [5, 5.41) is 8.81. The standard InChI is InChI=1S/2C9H13N.CH3NO2.CH5N/c2*1-7(2)8-5-3-4-6-9(8)10;1-2(3)4;1-2/h2*3-7H,10H2,1-2H3;1H3;2H2,1H3. The van der Waals surface area contributed by atoms with Crippen molar-refractivity contribution in [3.05, 3.63) is 69.8 Å². The molecule has 2 rings (SSSR count). The smallest absolute Gasteiger partial charge is 0.194 e. The molecule has 0 aromatic heterocycles. The Bertz CT molecular complexity index is 575. The molecule has 0 unspecified atom stereocenters. The molecule has 6 heteroatoms. The van der Waals surface area contributed by atoms with Gasteiger partial charge in [-0.05, 0) is 42.1 Å². The second kappa shape index (κ2) is 14.7. The first-order valence-corrected chi connectivity index (χ1v) is 8.51. The number of anilines is 2. The van der Waals surface area contributed by atoms with E-state index in [1.807, 2.05) is 36.4 Å². The van der Waals surface area contributed by atoms with Crippen LogP contribution in [0, 0.1) is 10.1 Å². The number of nitrogens with zero attached hydrogens (tertiary/aromatic N) is 1. The Balaban J connectivity index is 0. The number of hydrogen-bond acceptors (Lipinski definition) is 5. The Hall–Kier alpha value is -2.60. The highest BCUT2D eigenvalue weighted by Crippen LogP contribution is 2.20. The zero-order chi connectivity index (χ0) is 20.7. The van der Waals surface area contributed by atoms with Crippen LogP contribution in [0.2, 0.25) is 0 Å². The molecule has 0 heterocycles. The molecule has 0 aliphatic rings. The number of hydrogen-bond donors (Lipinski definition) is 3. The van der Waals surface area contributed by atoms with Crippen LogP contribution >= 0.6 is 0 Å². The average Bonchev–Trinajstić information content (AvgIpc) is 2.57. The SMILES string of the molecule is CC(C)c1ccccc1N.CC(C)c1ccccc1N.CN.C[N+](=O)[O-]. The summed E-state index contributed by atoms with van der Waals surface area (Å²) in [7, 11) is 2.39. The largest absolute Gasteiger partial charge is 0.398 e. The van der Waals surface area contributed by atoms with E-state index >= 15 is 0 Å². The summed E-state index contributed by atoms with van der Waals surface area (Å²) >= 11 is 0. The van der Waals surface area contributed by atoms with Gasteiger partial charge in [-0.3, -0.25) is 10.1 Å². The van der Waals surface area contributed by atoms with Gasteiger partial charge in [-0.1, -0.05) is 64.1 Å². The van der Waals surface area contributed by atoms with Crippen LogP contribution in [0.3, 0.4) is 0 Å². The minimum Gasteiger partial charge on any atom is -0.398 e. The maximum absolute atomic E-state index is 8.81. The Morgan fingerprint density at radius 2 is 1.00 bits per heavy atom. The van der Waals surface area contributed by atoms with E-state index in [0.717, 1.165) is 18.4 Å². The van der Waals surface area contributed by atoms with E-state index in [-0.39, 0.29) is 0 Å². The van der Waals surface area contributed by atoms with Crippen molar-refractivity contribution in [1.82, 2.24) is 0 Å². The highest BCUT2D eigenvalue weighted by molar-refractivity contribution is 5.48. The van der Waals surface area contributed by atoms with E-state index in [4.69, 9.17) is 21.6 Å². The maximum Gasteiger partial charge on any atom is 0.194 e. The first kappa shape index (κ1) is 25.6. The number of benzene rings is 2. The van der Waals surface area contributed by atoms with Crippen LogP contribution in [0.4, 0.5) is 11.4 Å². The number of nitrogen functional groups attached to an aromatic ring is 2. The van der Waals surface area contributed by atoms with Crippen LogP contribution in [-0.2, 0) is 0 Å². The van der Waals surface area contributed by atoms with Gasteiger partial charge in [0.15, 0.2) is 7.05 Å². The number of nitro groups is 1. The molecule has 0 aliphatic heterocycles. The van der Waals surface area contributed by atoms with Gasteiger partial charge in [-0.25, -0.2) is 0 Å². The third kappa shape index (κ3) is 11.9. The molecule has 0 fully saturated rings. The van der Waals surface area contributed by atoms with Crippen LogP contribution in [0.1, 0.15) is 50.7 Å². The minimum absolute atomic E-state index is 0.500. The second-order valence-electron chi connectivity index (χ2n) is 6.01. The summed E-state index contributed by atoms with van der Waals surface area (Å²) in [5.74, 6) is 1.06. The number of rotatable bonds is 2. The third-order valence-corrected chi connectivity index (χ3v) is 3.24. The Kier molecular flexibility index (Phi) is 14.5. The highest BCUT2D eigenvalue weighted by Gasteiger charge is 2.01. The van der Waals surface area contributed by atoms with Crippen LogP contribution in [-0.4, -0.2) is 19.0 Å². The molecule has 0 aliphatic carbocycles. The fraction of sp³-hybridized carbons (Fsp3) is 0.400. The van der Waals surface area contributed by atoms with Gasteiger partial charge in [-0.15, -0.1) is 0 Å². The Morgan fingerprint density at radius 3 is 1.15 bits per heavy atom. The average molecular weight is 363 g/mol. The van der Waals surface area contributed by atoms with Gasteiger partial charge in [0, 0.05) is 16.3 Å². The van der Waals surface area contributed by atoms with Crippen LogP contribution < -0.4 is 17.2 Å². The molecule has 2 aromatic carbocycles. The van der Waals surface area contributed by atoms with Gasteiger partial charge in [0.2, 0.25) is 0 Å². The van der Waals surface area contributed by atoms with Crippen LogP contribution in [0.5, 0.6) is 0 Å². The Morgan fingerprint density at radius 1 is 0.769 bits per heavy atom. The lowest BCUT2D eigenvalue weighted by molar-refractivity contribution is -0.445. The van der Waals surface area contributed by atoms with Gasteiger partial charge >= 0.3 is 0 Å². The minimum atomic E-state index is -0.500. The summed E-state index contributed by atoms with van der Waals surface area (Å²) in [6.45, 7) is 8.58. The molecule has 0 spiro atoms. The molecule has 0 atom stereocenters. The highest BCUT2D eigenvalue weighted by atomic mass is 16.6. The third-order valence-electron chi connectivity index (χ3n) is 3.24. The van der Waals surface area contributed by atoms with Crippen molar-refractivity contribution >= 4 is 11.4 Å². The second-order valence-corrected chi connectivity index (χ2v) is 6.01. The van der Waals surface area contributed by atoms with E-state index in [0.29, 0.717) is 11.8 Å². The predicted octanol–water partition coefficient (Wildman–Crippen LogP) is 4.25. The van der Waals surface area contributed by atoms with E-state index in [1.54, 1.807) is 0 Å². The zero-order valence-electron chi connectivity index (χ0n) is 16.8. The lowest BCUT2D eigenvalue weighted by atomic mass is 10.0.